The Morgan fingerprint density at radius 1 is 1.04 bits per heavy atom. The van der Waals surface area contributed by atoms with Crippen LogP contribution < -0.4 is 20.1 Å². The van der Waals surface area contributed by atoms with Gasteiger partial charge in [0, 0.05) is 54.8 Å². The van der Waals surface area contributed by atoms with Crippen molar-refractivity contribution >= 4 is 45.2 Å². The van der Waals surface area contributed by atoms with Crippen molar-refractivity contribution in [2.24, 2.45) is 0 Å². The van der Waals surface area contributed by atoms with Crippen LogP contribution >= 0.6 is 11.3 Å². The fourth-order valence-electron chi connectivity index (χ4n) is 6.12. The highest BCUT2D eigenvalue weighted by molar-refractivity contribution is 7.15. The summed E-state index contributed by atoms with van der Waals surface area (Å²) in [6.07, 6.45) is -1.58. The zero-order chi connectivity index (χ0) is 36.4. The van der Waals surface area contributed by atoms with Gasteiger partial charge in [-0.25, -0.2) is 19.4 Å². The molecule has 0 aliphatic carbocycles. The molecule has 52 heavy (non-hydrogen) atoms. The number of nitrogens with one attached hydrogen (secondary N) is 2. The Balaban J connectivity index is 1.12. The molecule has 17 heteroatoms. The summed E-state index contributed by atoms with van der Waals surface area (Å²) in [7, 11) is 3.65. The van der Waals surface area contributed by atoms with Crippen molar-refractivity contribution in [1.29, 1.82) is 0 Å². The number of rotatable bonds is 10. The molecule has 2 N–H and O–H groups in total. The van der Waals surface area contributed by atoms with Crippen LogP contribution in [0.2, 0.25) is 0 Å². The average molecular weight is 737 g/mol. The second-order valence-electron chi connectivity index (χ2n) is 12.6. The number of hydrogen-bond acceptors (Lipinski definition) is 12. The average Bonchev–Trinajstić information content (AvgIpc) is 3.68. The fourth-order valence-corrected chi connectivity index (χ4v) is 7.21. The first-order valence-electron chi connectivity index (χ1n) is 16.6. The lowest BCUT2D eigenvalue weighted by molar-refractivity contribution is -0.241. The maximum atomic E-state index is 13.1. The van der Waals surface area contributed by atoms with E-state index in [-0.39, 0.29) is 19.0 Å². The van der Waals surface area contributed by atoms with Crippen molar-refractivity contribution in [2.75, 3.05) is 44.4 Å². The quantitative estimate of drug-likeness (QED) is 0.178. The number of hydrogen-bond donors (Lipinski definition) is 2. The van der Waals surface area contributed by atoms with E-state index in [4.69, 9.17) is 14.6 Å². The van der Waals surface area contributed by atoms with Crippen molar-refractivity contribution in [3.63, 3.8) is 0 Å². The molecule has 3 aromatic heterocycles. The molecule has 0 unspecified atom stereocenters. The van der Waals surface area contributed by atoms with Crippen molar-refractivity contribution < 1.29 is 37.1 Å². The lowest BCUT2D eigenvalue weighted by Crippen LogP contribution is -2.45. The number of likely N-dealkylation sites (N-methyl/N-ethyl adjacent to an activating group) is 1. The Bertz CT molecular complexity index is 2070. The van der Waals surface area contributed by atoms with Gasteiger partial charge in [-0.1, -0.05) is 12.1 Å². The van der Waals surface area contributed by atoms with Gasteiger partial charge in [0.2, 0.25) is 0 Å². The lowest BCUT2D eigenvalue weighted by Gasteiger charge is -2.31. The summed E-state index contributed by atoms with van der Waals surface area (Å²) in [5.74, 6) is -0.578. The third kappa shape index (κ3) is 7.95. The molecule has 13 nitrogen and oxygen atoms in total. The van der Waals surface area contributed by atoms with Crippen molar-refractivity contribution in [2.45, 2.75) is 44.6 Å². The number of ether oxygens (including phenoxy) is 2. The molecule has 7 rings (SSSR count). The van der Waals surface area contributed by atoms with Gasteiger partial charge < -0.3 is 24.5 Å². The van der Waals surface area contributed by atoms with Crippen LogP contribution in [0.1, 0.15) is 39.3 Å². The number of carbonyl (C=O) groups excluding carboxylic acids is 2. The smallest absolute Gasteiger partial charge is 0.492 e. The zero-order valence-corrected chi connectivity index (χ0v) is 29.1. The number of piperidine rings is 1. The van der Waals surface area contributed by atoms with Crippen LogP contribution in [0.3, 0.4) is 0 Å². The summed E-state index contributed by atoms with van der Waals surface area (Å²) < 4.78 is 52.0. The summed E-state index contributed by atoms with van der Waals surface area (Å²) >= 11 is 1.48. The van der Waals surface area contributed by atoms with Crippen LogP contribution in [0, 0.1) is 0 Å². The third-order valence-electron chi connectivity index (χ3n) is 8.74. The molecule has 1 saturated heterocycles. The number of methoxy groups -OCH3 is 1. The van der Waals surface area contributed by atoms with E-state index < -0.39 is 18.2 Å². The Labute approximate surface area is 300 Å². The largest absolute Gasteiger partial charge is 0.497 e. The van der Waals surface area contributed by atoms with E-state index in [1.165, 1.54) is 11.3 Å². The molecule has 2 aromatic carbocycles. The molecular weight excluding hydrogens is 701 g/mol. The van der Waals surface area contributed by atoms with Crippen LogP contribution in [0.4, 0.5) is 24.1 Å². The first-order chi connectivity index (χ1) is 25.0. The van der Waals surface area contributed by atoms with Gasteiger partial charge >= 0.3 is 12.1 Å². The standard InChI is InChI=1S/C35H35F3N8O5S/c1-44-17-14-26-28(20-44)52-34(41-26)42-32(47)22-7-11-25(12-8-22)50-27-13-15-39-31-29(27)30(43-46(31)18-21-5-9-24(49-2)10-6-21)40-23-4-3-16-45(19-23)51-33(48)35(36,37)38/h5-13,15,23H,3-4,14,16-20H2,1-2H3,(H,40,43)(H,41,42,47)/t23-/m1/s1. The summed E-state index contributed by atoms with van der Waals surface area (Å²) in [5, 5.41) is 13.2. The van der Waals surface area contributed by atoms with E-state index in [2.05, 4.69) is 37.4 Å². The van der Waals surface area contributed by atoms with Crippen LogP contribution in [0.15, 0.2) is 60.8 Å². The number of amides is 1. The number of aromatic nitrogens is 4. The van der Waals surface area contributed by atoms with Gasteiger partial charge in [-0.15, -0.1) is 16.4 Å². The first kappa shape index (κ1) is 35.2. The molecule has 0 bridgehead atoms. The molecule has 0 spiro atoms. The number of nitrogens with zero attached hydrogens (tertiary/aromatic N) is 6. The Kier molecular flexibility index (Phi) is 9.98. The minimum Gasteiger partial charge on any atom is -0.497 e. The Morgan fingerprint density at radius 3 is 2.56 bits per heavy atom. The number of benzene rings is 2. The maximum Gasteiger partial charge on any atom is 0.492 e. The topological polar surface area (TPSA) is 136 Å². The molecule has 0 radical (unpaired) electrons. The number of hydroxylamine groups is 2. The highest BCUT2D eigenvalue weighted by Crippen LogP contribution is 2.36. The minimum absolute atomic E-state index is 0.00922. The van der Waals surface area contributed by atoms with E-state index in [1.807, 2.05) is 24.3 Å². The molecule has 2 aliphatic rings. The van der Waals surface area contributed by atoms with Gasteiger partial charge in [0.05, 0.1) is 25.9 Å². The van der Waals surface area contributed by atoms with Gasteiger partial charge in [-0.3, -0.25) is 10.1 Å². The number of pyridine rings is 1. The lowest BCUT2D eigenvalue weighted by atomic mass is 10.1. The molecule has 0 saturated carbocycles. The highest BCUT2D eigenvalue weighted by atomic mass is 32.1. The summed E-state index contributed by atoms with van der Waals surface area (Å²) in [4.78, 5) is 41.8. The molecule has 5 heterocycles. The highest BCUT2D eigenvalue weighted by Gasteiger charge is 2.43. The fraction of sp³-hybridized carbons (Fsp3) is 0.343. The van der Waals surface area contributed by atoms with Crippen molar-refractivity contribution in [1.82, 2.24) is 29.7 Å². The van der Waals surface area contributed by atoms with E-state index >= 15 is 0 Å². The molecule has 2 aliphatic heterocycles. The van der Waals surface area contributed by atoms with Crippen LogP contribution in [0.25, 0.3) is 11.0 Å². The predicted octanol–water partition coefficient (Wildman–Crippen LogP) is 5.87. The minimum atomic E-state index is -5.10. The predicted molar refractivity (Wildman–Crippen MR) is 187 cm³/mol. The van der Waals surface area contributed by atoms with E-state index in [1.54, 1.807) is 48.3 Å². The third-order valence-corrected chi connectivity index (χ3v) is 9.74. The van der Waals surface area contributed by atoms with Crippen LogP contribution in [-0.2, 0) is 29.1 Å². The van der Waals surface area contributed by atoms with Gasteiger partial charge in [-0.2, -0.15) is 18.3 Å². The van der Waals surface area contributed by atoms with Gasteiger partial charge in [0.1, 0.15) is 22.6 Å². The number of alkyl halides is 3. The zero-order valence-electron chi connectivity index (χ0n) is 28.3. The number of halogens is 3. The number of fused-ring (bicyclic) bond motifs is 2. The van der Waals surface area contributed by atoms with Gasteiger partial charge in [-0.05, 0) is 61.9 Å². The SMILES string of the molecule is COc1ccc(Cn2nc(N[C@@H]3CCCN(OC(=O)C(F)(F)F)C3)c3c(Oc4ccc(C(=O)Nc5nc6c(s5)CN(C)CC6)cc4)ccnc32)cc1. The maximum absolute atomic E-state index is 13.1. The molecule has 1 atom stereocenters. The molecule has 5 aromatic rings. The molecule has 1 amide bonds. The molecular formula is C35H35F3N8O5S. The van der Waals surface area contributed by atoms with Crippen molar-refractivity contribution in [3.8, 4) is 17.2 Å². The number of anilines is 2. The van der Waals surface area contributed by atoms with Crippen LogP contribution in [-0.4, -0.2) is 87.6 Å². The van der Waals surface area contributed by atoms with Gasteiger partial charge in [0.25, 0.3) is 5.91 Å². The van der Waals surface area contributed by atoms with Crippen LogP contribution in [0.5, 0.6) is 17.2 Å². The number of carbonyl (C=O) groups is 2. The monoisotopic (exact) mass is 736 g/mol. The summed E-state index contributed by atoms with van der Waals surface area (Å²) in [5.41, 5.74) is 2.88. The van der Waals surface area contributed by atoms with Gasteiger partial charge in [0.15, 0.2) is 16.6 Å². The van der Waals surface area contributed by atoms with E-state index in [0.717, 1.165) is 40.7 Å². The van der Waals surface area contributed by atoms with E-state index in [0.29, 0.717) is 64.2 Å². The first-order valence-corrected chi connectivity index (χ1v) is 17.4. The Morgan fingerprint density at radius 2 is 1.81 bits per heavy atom. The molecule has 272 valence electrons. The second kappa shape index (κ2) is 14.8. The normalized spacial score (nSPS) is 16.7. The van der Waals surface area contributed by atoms with Crippen molar-refractivity contribution in [3.05, 3.63) is 82.5 Å². The molecule has 1 fully saturated rings. The summed E-state index contributed by atoms with van der Waals surface area (Å²) in [6.45, 7) is 2.26. The number of thiazole rings is 1. The second-order valence-corrected chi connectivity index (χ2v) is 13.7. The summed E-state index contributed by atoms with van der Waals surface area (Å²) in [6, 6.07) is 15.5. The van der Waals surface area contributed by atoms with E-state index in [9.17, 15) is 22.8 Å². The Hall–Kier alpha value is -5.26.